The van der Waals surface area contributed by atoms with Crippen LogP contribution in [0.5, 0.6) is 17.2 Å². The Kier molecular flexibility index (Phi) is 6.32. The second-order valence-corrected chi connectivity index (χ2v) is 8.03. The molecule has 0 spiro atoms. The third kappa shape index (κ3) is 4.70. The molecule has 0 radical (unpaired) electrons. The molecule has 2 N–H and O–H groups in total. The van der Waals surface area contributed by atoms with E-state index in [1.807, 2.05) is 30.3 Å². The molecule has 1 atom stereocenters. The summed E-state index contributed by atoms with van der Waals surface area (Å²) in [5.41, 5.74) is 2.43. The SMILES string of the molecule is COc1cc(C(=O)Nc2ccc3c(c2)NC(=O)[C@@H](C)O3)cc(Br)c1OCc1ccccc1. The van der Waals surface area contributed by atoms with E-state index < -0.39 is 6.10 Å². The minimum absolute atomic E-state index is 0.235. The minimum atomic E-state index is -0.560. The van der Waals surface area contributed by atoms with Crippen molar-refractivity contribution in [1.29, 1.82) is 0 Å². The number of hydrogen-bond acceptors (Lipinski definition) is 5. The zero-order valence-electron chi connectivity index (χ0n) is 17.5. The molecule has 0 bridgehead atoms. The molecular formula is C24H21BrN2O5. The van der Waals surface area contributed by atoms with Crippen molar-refractivity contribution < 1.29 is 23.8 Å². The number of amides is 2. The van der Waals surface area contributed by atoms with Crippen LogP contribution >= 0.6 is 15.9 Å². The number of benzene rings is 3. The summed E-state index contributed by atoms with van der Waals surface area (Å²) in [6.45, 7) is 2.04. The van der Waals surface area contributed by atoms with Gasteiger partial charge in [0.15, 0.2) is 17.6 Å². The van der Waals surface area contributed by atoms with Crippen LogP contribution in [0.2, 0.25) is 0 Å². The highest BCUT2D eigenvalue weighted by molar-refractivity contribution is 9.10. The van der Waals surface area contributed by atoms with Crippen LogP contribution < -0.4 is 24.8 Å². The van der Waals surface area contributed by atoms with E-state index in [0.29, 0.717) is 45.3 Å². The average molecular weight is 497 g/mol. The fraction of sp³-hybridized carbons (Fsp3) is 0.167. The predicted molar refractivity (Wildman–Crippen MR) is 125 cm³/mol. The zero-order chi connectivity index (χ0) is 22.7. The molecule has 1 aliphatic rings. The highest BCUT2D eigenvalue weighted by atomic mass is 79.9. The number of carbonyl (C=O) groups excluding carboxylic acids is 2. The van der Waals surface area contributed by atoms with E-state index in [1.54, 1.807) is 37.3 Å². The van der Waals surface area contributed by atoms with Gasteiger partial charge >= 0.3 is 0 Å². The van der Waals surface area contributed by atoms with E-state index >= 15 is 0 Å². The van der Waals surface area contributed by atoms with Gasteiger partial charge in [0.05, 0.1) is 17.3 Å². The van der Waals surface area contributed by atoms with Gasteiger partial charge in [-0.2, -0.15) is 0 Å². The number of methoxy groups -OCH3 is 1. The van der Waals surface area contributed by atoms with Crippen LogP contribution in [0.25, 0.3) is 0 Å². The van der Waals surface area contributed by atoms with E-state index in [1.165, 1.54) is 7.11 Å². The Balaban J connectivity index is 1.51. The highest BCUT2D eigenvalue weighted by Gasteiger charge is 2.24. The van der Waals surface area contributed by atoms with Gasteiger partial charge < -0.3 is 24.8 Å². The monoisotopic (exact) mass is 496 g/mol. The lowest BCUT2D eigenvalue weighted by molar-refractivity contribution is -0.122. The Labute approximate surface area is 193 Å². The van der Waals surface area contributed by atoms with Crippen LogP contribution in [0, 0.1) is 0 Å². The predicted octanol–water partition coefficient (Wildman–Crippen LogP) is 5.01. The van der Waals surface area contributed by atoms with Gasteiger partial charge in [0.1, 0.15) is 12.4 Å². The fourth-order valence-electron chi connectivity index (χ4n) is 3.21. The lowest BCUT2D eigenvalue weighted by atomic mass is 10.1. The molecule has 0 aromatic heterocycles. The van der Waals surface area contributed by atoms with E-state index in [-0.39, 0.29) is 11.8 Å². The summed E-state index contributed by atoms with van der Waals surface area (Å²) >= 11 is 3.48. The van der Waals surface area contributed by atoms with Gasteiger partial charge in [-0.05, 0) is 58.7 Å². The summed E-state index contributed by atoms with van der Waals surface area (Å²) in [6, 6.07) is 18.1. The lowest BCUT2D eigenvalue weighted by Gasteiger charge is -2.23. The molecule has 164 valence electrons. The zero-order valence-corrected chi connectivity index (χ0v) is 19.1. The van der Waals surface area contributed by atoms with Crippen molar-refractivity contribution in [2.45, 2.75) is 19.6 Å². The molecule has 7 nitrogen and oxygen atoms in total. The summed E-state index contributed by atoms with van der Waals surface area (Å²) < 4.78 is 17.5. The standard InChI is InChI=1S/C24H21BrN2O5/c1-14-23(28)27-19-12-17(8-9-20(19)32-14)26-24(29)16-10-18(25)22(21(11-16)30-2)31-13-15-6-4-3-5-7-15/h3-12,14H,13H2,1-2H3,(H,26,29)(H,27,28)/t14-/m1/s1. The maximum atomic E-state index is 12.9. The van der Waals surface area contributed by atoms with Crippen molar-refractivity contribution in [2.75, 3.05) is 17.7 Å². The van der Waals surface area contributed by atoms with Gasteiger partial charge in [0.2, 0.25) is 0 Å². The van der Waals surface area contributed by atoms with Crippen LogP contribution in [0.4, 0.5) is 11.4 Å². The Hall–Kier alpha value is -3.52. The summed E-state index contributed by atoms with van der Waals surface area (Å²) in [6.07, 6.45) is -0.560. The topological polar surface area (TPSA) is 85.9 Å². The van der Waals surface area contributed by atoms with Gasteiger partial charge in [-0.25, -0.2) is 0 Å². The van der Waals surface area contributed by atoms with Crippen LogP contribution in [0.3, 0.4) is 0 Å². The number of halogens is 1. The molecule has 3 aromatic carbocycles. The maximum Gasteiger partial charge on any atom is 0.265 e. The average Bonchev–Trinajstić information content (AvgIpc) is 2.79. The largest absolute Gasteiger partial charge is 0.493 e. The molecule has 8 heteroatoms. The Morgan fingerprint density at radius 3 is 2.69 bits per heavy atom. The van der Waals surface area contributed by atoms with E-state index in [0.717, 1.165) is 5.56 Å². The first kappa shape index (κ1) is 21.7. The fourth-order valence-corrected chi connectivity index (χ4v) is 3.77. The Morgan fingerprint density at radius 1 is 1.16 bits per heavy atom. The third-order valence-corrected chi connectivity index (χ3v) is 5.47. The molecule has 3 aromatic rings. The quantitative estimate of drug-likeness (QED) is 0.500. The van der Waals surface area contributed by atoms with E-state index in [9.17, 15) is 9.59 Å². The van der Waals surface area contributed by atoms with Crippen LogP contribution in [0.15, 0.2) is 65.1 Å². The van der Waals surface area contributed by atoms with Crippen LogP contribution in [-0.4, -0.2) is 25.0 Å². The van der Waals surface area contributed by atoms with Gasteiger partial charge in [0.25, 0.3) is 11.8 Å². The molecular weight excluding hydrogens is 476 g/mol. The normalized spacial score (nSPS) is 14.6. The first-order valence-corrected chi connectivity index (χ1v) is 10.7. The molecule has 0 saturated heterocycles. The van der Waals surface area contributed by atoms with Gasteiger partial charge in [-0.15, -0.1) is 0 Å². The number of ether oxygens (including phenoxy) is 3. The molecule has 0 aliphatic carbocycles. The van der Waals surface area contributed by atoms with E-state index in [4.69, 9.17) is 14.2 Å². The van der Waals surface area contributed by atoms with Gasteiger partial charge in [-0.1, -0.05) is 30.3 Å². The first-order valence-electron chi connectivity index (χ1n) is 9.92. The van der Waals surface area contributed by atoms with Crippen molar-refractivity contribution in [3.63, 3.8) is 0 Å². The molecule has 32 heavy (non-hydrogen) atoms. The number of carbonyl (C=O) groups is 2. The van der Waals surface area contributed by atoms with Crippen molar-refractivity contribution >= 4 is 39.1 Å². The smallest absolute Gasteiger partial charge is 0.265 e. The Bertz CT molecular complexity index is 1170. The van der Waals surface area contributed by atoms with Crippen molar-refractivity contribution in [1.82, 2.24) is 0 Å². The molecule has 1 heterocycles. The van der Waals surface area contributed by atoms with Crippen molar-refractivity contribution in [3.05, 3.63) is 76.3 Å². The second kappa shape index (κ2) is 9.32. The van der Waals surface area contributed by atoms with Gasteiger partial charge in [0, 0.05) is 11.3 Å². The number of fused-ring (bicyclic) bond motifs is 1. The second-order valence-electron chi connectivity index (χ2n) is 7.18. The first-order chi connectivity index (χ1) is 15.4. The Morgan fingerprint density at radius 2 is 1.94 bits per heavy atom. The molecule has 1 aliphatic heterocycles. The molecule has 0 saturated carbocycles. The molecule has 2 amide bonds. The van der Waals surface area contributed by atoms with Crippen molar-refractivity contribution in [2.24, 2.45) is 0 Å². The molecule has 4 rings (SSSR count). The number of nitrogens with one attached hydrogen (secondary N) is 2. The minimum Gasteiger partial charge on any atom is -0.493 e. The maximum absolute atomic E-state index is 12.9. The summed E-state index contributed by atoms with van der Waals surface area (Å²) in [4.78, 5) is 24.7. The summed E-state index contributed by atoms with van der Waals surface area (Å²) in [5, 5.41) is 5.59. The van der Waals surface area contributed by atoms with Gasteiger partial charge in [-0.3, -0.25) is 9.59 Å². The number of hydrogen-bond donors (Lipinski definition) is 2. The summed E-state index contributed by atoms with van der Waals surface area (Å²) in [5.74, 6) is 0.923. The summed E-state index contributed by atoms with van der Waals surface area (Å²) in [7, 11) is 1.52. The highest BCUT2D eigenvalue weighted by Crippen LogP contribution is 2.38. The third-order valence-electron chi connectivity index (χ3n) is 4.89. The van der Waals surface area contributed by atoms with Crippen LogP contribution in [-0.2, 0) is 11.4 Å². The molecule has 0 fully saturated rings. The number of anilines is 2. The van der Waals surface area contributed by atoms with Crippen molar-refractivity contribution in [3.8, 4) is 17.2 Å². The van der Waals surface area contributed by atoms with Crippen LogP contribution in [0.1, 0.15) is 22.8 Å². The molecule has 0 unspecified atom stereocenters. The van der Waals surface area contributed by atoms with E-state index in [2.05, 4.69) is 26.6 Å². The lowest BCUT2D eigenvalue weighted by Crippen LogP contribution is -2.34. The number of rotatable bonds is 6.